The summed E-state index contributed by atoms with van der Waals surface area (Å²) in [5.41, 5.74) is 1.24. The molecule has 0 aliphatic heterocycles. The van der Waals surface area contributed by atoms with Crippen LogP contribution in [-0.2, 0) is 16.1 Å². The second kappa shape index (κ2) is 14.9. The molecule has 0 aliphatic carbocycles. The van der Waals surface area contributed by atoms with E-state index in [0.717, 1.165) is 30.5 Å². The number of anilines is 1. The molecule has 176 valence electrons. The zero-order valence-corrected chi connectivity index (χ0v) is 21.8. The van der Waals surface area contributed by atoms with Crippen LogP contribution >= 0.6 is 24.0 Å². The summed E-state index contributed by atoms with van der Waals surface area (Å²) in [5, 5.41) is 12.3. The number of hydrogen-bond donors (Lipinski definition) is 4. The Bertz CT molecular complexity index is 719. The number of nitrogens with zero attached hydrogens (tertiary/aromatic N) is 1. The van der Waals surface area contributed by atoms with Crippen LogP contribution in [0.25, 0.3) is 0 Å². The Hall–Kier alpha value is -2.04. The Balaban J connectivity index is 0.00000900. The third-order valence-corrected chi connectivity index (χ3v) is 4.07. The van der Waals surface area contributed by atoms with E-state index in [9.17, 15) is 9.59 Å². The number of amides is 2. The van der Waals surface area contributed by atoms with Crippen LogP contribution in [-0.4, -0.2) is 43.2 Å². The second-order valence-electron chi connectivity index (χ2n) is 8.17. The molecule has 1 unspecified atom stereocenters. The lowest BCUT2D eigenvalue weighted by Gasteiger charge is -2.24. The van der Waals surface area contributed by atoms with E-state index >= 15 is 0 Å². The highest BCUT2D eigenvalue weighted by Gasteiger charge is 2.18. The molecular formula is C22H38IN5O3. The number of carbonyl (C=O) groups is 2. The van der Waals surface area contributed by atoms with Gasteiger partial charge < -0.3 is 26.0 Å². The molecule has 0 aliphatic rings. The molecule has 2 amide bonds. The summed E-state index contributed by atoms with van der Waals surface area (Å²) >= 11 is 0. The number of benzene rings is 1. The lowest BCUT2D eigenvalue weighted by Crippen LogP contribution is -2.48. The maximum Gasteiger partial charge on any atom is 0.407 e. The highest BCUT2D eigenvalue weighted by molar-refractivity contribution is 14.0. The van der Waals surface area contributed by atoms with Gasteiger partial charge in [0.2, 0.25) is 5.91 Å². The number of nitrogens with one attached hydrogen (secondary N) is 4. The number of unbranched alkanes of at least 4 members (excludes halogenated alkanes) is 1. The van der Waals surface area contributed by atoms with Crippen molar-refractivity contribution in [3.63, 3.8) is 0 Å². The van der Waals surface area contributed by atoms with E-state index in [1.54, 1.807) is 7.05 Å². The lowest BCUT2D eigenvalue weighted by molar-refractivity contribution is -0.114. The smallest absolute Gasteiger partial charge is 0.407 e. The van der Waals surface area contributed by atoms with Gasteiger partial charge in [-0.15, -0.1) is 24.0 Å². The molecule has 0 fully saturated rings. The fourth-order valence-corrected chi connectivity index (χ4v) is 2.73. The molecule has 4 N–H and O–H groups in total. The summed E-state index contributed by atoms with van der Waals surface area (Å²) in [5.74, 6) is 0.542. The van der Waals surface area contributed by atoms with Gasteiger partial charge in [-0.05, 0) is 44.9 Å². The van der Waals surface area contributed by atoms with Crippen LogP contribution in [0.1, 0.15) is 59.4 Å². The number of aliphatic imine (C=N–C) groups is 1. The third kappa shape index (κ3) is 13.8. The van der Waals surface area contributed by atoms with E-state index in [-0.39, 0.29) is 35.9 Å². The number of ether oxygens (including phenoxy) is 1. The van der Waals surface area contributed by atoms with Gasteiger partial charge in [-0.25, -0.2) is 4.79 Å². The minimum absolute atomic E-state index is 0. The average Bonchev–Trinajstić information content (AvgIpc) is 2.65. The number of rotatable bonds is 9. The van der Waals surface area contributed by atoms with Gasteiger partial charge in [0.05, 0.1) is 0 Å². The van der Waals surface area contributed by atoms with Gasteiger partial charge in [0.25, 0.3) is 0 Å². The number of carbonyl (C=O) groups excluding carboxylic acids is 2. The summed E-state index contributed by atoms with van der Waals surface area (Å²) in [6, 6.07) is 7.66. The Morgan fingerprint density at radius 2 is 1.90 bits per heavy atom. The Labute approximate surface area is 203 Å². The first kappa shape index (κ1) is 29.0. The topological polar surface area (TPSA) is 104 Å². The number of alkyl carbamates (subject to hydrolysis) is 1. The predicted octanol–water partition coefficient (Wildman–Crippen LogP) is 4.01. The molecular weight excluding hydrogens is 509 g/mol. The molecule has 0 bridgehead atoms. The lowest BCUT2D eigenvalue weighted by atomic mass is 10.1. The quantitative estimate of drug-likeness (QED) is 0.213. The summed E-state index contributed by atoms with van der Waals surface area (Å²) < 4.78 is 5.31. The van der Waals surface area contributed by atoms with Crippen LogP contribution in [0.15, 0.2) is 29.3 Å². The van der Waals surface area contributed by atoms with E-state index in [2.05, 4.69) is 33.2 Å². The first-order valence-electron chi connectivity index (χ1n) is 10.4. The Kier molecular flexibility index (Phi) is 13.9. The molecule has 0 aromatic heterocycles. The molecule has 9 heteroatoms. The van der Waals surface area contributed by atoms with Gasteiger partial charge in [-0.1, -0.05) is 31.9 Å². The first-order chi connectivity index (χ1) is 14.1. The van der Waals surface area contributed by atoms with Crippen molar-refractivity contribution in [2.45, 2.75) is 72.1 Å². The normalized spacial score (nSPS) is 12.3. The molecule has 0 saturated carbocycles. The van der Waals surface area contributed by atoms with E-state index in [1.165, 1.54) is 6.92 Å². The average molecular weight is 547 g/mol. The van der Waals surface area contributed by atoms with Crippen LogP contribution in [0.2, 0.25) is 0 Å². The minimum atomic E-state index is -0.528. The largest absolute Gasteiger partial charge is 0.444 e. The monoisotopic (exact) mass is 547 g/mol. The fourth-order valence-electron chi connectivity index (χ4n) is 2.73. The molecule has 1 atom stereocenters. The third-order valence-electron chi connectivity index (χ3n) is 4.07. The predicted molar refractivity (Wildman–Crippen MR) is 137 cm³/mol. The molecule has 0 spiro atoms. The highest BCUT2D eigenvalue weighted by Crippen LogP contribution is 2.10. The molecule has 1 aromatic carbocycles. The Morgan fingerprint density at radius 1 is 1.19 bits per heavy atom. The van der Waals surface area contributed by atoms with Crippen molar-refractivity contribution < 1.29 is 14.3 Å². The van der Waals surface area contributed by atoms with Gasteiger partial charge in [0.15, 0.2) is 5.96 Å². The van der Waals surface area contributed by atoms with Crippen LogP contribution in [0.5, 0.6) is 0 Å². The van der Waals surface area contributed by atoms with Crippen LogP contribution in [0.4, 0.5) is 10.5 Å². The zero-order valence-electron chi connectivity index (χ0n) is 19.5. The van der Waals surface area contributed by atoms with Gasteiger partial charge in [0, 0.05) is 38.8 Å². The molecule has 1 rings (SSSR count). The molecule has 8 nitrogen and oxygen atoms in total. The van der Waals surface area contributed by atoms with E-state index in [1.807, 2.05) is 45.0 Å². The van der Waals surface area contributed by atoms with Gasteiger partial charge in [-0.3, -0.25) is 9.79 Å². The fraction of sp³-hybridized carbons (Fsp3) is 0.591. The van der Waals surface area contributed by atoms with Gasteiger partial charge >= 0.3 is 6.09 Å². The molecule has 0 radical (unpaired) electrons. The molecule has 0 saturated heterocycles. The first-order valence-corrected chi connectivity index (χ1v) is 10.4. The molecule has 1 aromatic rings. The zero-order chi connectivity index (χ0) is 22.6. The number of halogens is 1. The number of guanidine groups is 1. The molecule has 31 heavy (non-hydrogen) atoms. The summed E-state index contributed by atoms with van der Waals surface area (Å²) in [6.07, 6.45) is 2.56. The van der Waals surface area contributed by atoms with Crippen LogP contribution < -0.4 is 21.3 Å². The van der Waals surface area contributed by atoms with E-state index in [4.69, 9.17) is 4.74 Å². The van der Waals surface area contributed by atoms with E-state index < -0.39 is 11.7 Å². The maximum atomic E-state index is 12.0. The maximum absolute atomic E-state index is 12.0. The minimum Gasteiger partial charge on any atom is -0.444 e. The van der Waals surface area contributed by atoms with Gasteiger partial charge in [-0.2, -0.15) is 0 Å². The summed E-state index contributed by atoms with van der Waals surface area (Å²) in [4.78, 5) is 27.5. The molecule has 0 heterocycles. The summed E-state index contributed by atoms with van der Waals surface area (Å²) in [6.45, 7) is 10.1. The van der Waals surface area contributed by atoms with Crippen molar-refractivity contribution in [1.82, 2.24) is 16.0 Å². The number of hydrogen-bond acceptors (Lipinski definition) is 4. The second-order valence-corrected chi connectivity index (χ2v) is 8.17. The van der Waals surface area contributed by atoms with Crippen molar-refractivity contribution in [1.29, 1.82) is 0 Å². The van der Waals surface area contributed by atoms with Crippen molar-refractivity contribution in [3.8, 4) is 0 Å². The van der Waals surface area contributed by atoms with E-state index in [0.29, 0.717) is 19.0 Å². The Morgan fingerprint density at radius 3 is 2.48 bits per heavy atom. The van der Waals surface area contributed by atoms with Crippen molar-refractivity contribution in [3.05, 3.63) is 29.8 Å². The SMILES string of the molecule is CCCCC(CNC(=O)OC(C)(C)C)NC(=NC)NCc1cccc(NC(C)=O)c1.I. The van der Waals surface area contributed by atoms with Crippen LogP contribution in [0.3, 0.4) is 0 Å². The van der Waals surface area contributed by atoms with Gasteiger partial charge in [0.1, 0.15) is 5.60 Å². The standard InChI is InChI=1S/C22H37N5O3.HI/c1-7-8-11-19(15-25-21(29)30-22(3,4)5)27-20(23-6)24-14-17-10-9-12-18(13-17)26-16(2)28;/h9-10,12-13,19H,7-8,11,14-15H2,1-6H3,(H,25,29)(H,26,28)(H2,23,24,27);1H. The van der Waals surface area contributed by atoms with Crippen molar-refractivity contribution in [2.24, 2.45) is 4.99 Å². The highest BCUT2D eigenvalue weighted by atomic mass is 127. The van der Waals surface area contributed by atoms with Crippen LogP contribution in [0, 0.1) is 0 Å². The van der Waals surface area contributed by atoms with Crippen molar-refractivity contribution in [2.75, 3.05) is 18.9 Å². The van der Waals surface area contributed by atoms with Crippen molar-refractivity contribution >= 4 is 47.6 Å². The summed E-state index contributed by atoms with van der Waals surface area (Å²) in [7, 11) is 1.71.